The summed E-state index contributed by atoms with van der Waals surface area (Å²) in [6.45, 7) is 3.30. The zero-order valence-electron chi connectivity index (χ0n) is 12.7. The van der Waals surface area contributed by atoms with Crippen molar-refractivity contribution in [2.75, 3.05) is 13.6 Å². The number of carbonyl (C=O) groups is 2. The first-order chi connectivity index (χ1) is 10.1. The Kier molecular flexibility index (Phi) is 5.69. The van der Waals surface area contributed by atoms with Crippen molar-refractivity contribution in [1.29, 1.82) is 0 Å². The summed E-state index contributed by atoms with van der Waals surface area (Å²) >= 11 is 0. The van der Waals surface area contributed by atoms with Gasteiger partial charge in [-0.1, -0.05) is 0 Å². The second-order valence-electron chi connectivity index (χ2n) is 5.21. The summed E-state index contributed by atoms with van der Waals surface area (Å²) in [4.78, 5) is 35.1. The van der Waals surface area contributed by atoms with Gasteiger partial charge in [0.2, 0.25) is 5.43 Å². The Labute approximate surface area is 127 Å². The van der Waals surface area contributed by atoms with Gasteiger partial charge in [-0.05, 0) is 20.9 Å². The fourth-order valence-corrected chi connectivity index (χ4v) is 2.22. The highest BCUT2D eigenvalue weighted by Gasteiger charge is 2.22. The molecule has 0 radical (unpaired) electrons. The smallest absolute Gasteiger partial charge is 0.326 e. The summed E-state index contributed by atoms with van der Waals surface area (Å²) < 4.78 is 1.37. The molecule has 1 aromatic heterocycles. The first-order valence-corrected chi connectivity index (χ1v) is 6.72. The lowest BCUT2D eigenvalue weighted by molar-refractivity contribution is -0.140. The molecule has 0 aliphatic heterocycles. The summed E-state index contributed by atoms with van der Waals surface area (Å²) in [7, 11) is 1.63. The van der Waals surface area contributed by atoms with Crippen LogP contribution in [0.4, 0.5) is 0 Å². The summed E-state index contributed by atoms with van der Waals surface area (Å²) in [5.41, 5.74) is -0.0138. The largest absolute Gasteiger partial charge is 0.503 e. The molecule has 0 amide bonds. The molecule has 8 nitrogen and oxygen atoms in total. The van der Waals surface area contributed by atoms with Crippen molar-refractivity contribution >= 4 is 11.9 Å². The second-order valence-corrected chi connectivity index (χ2v) is 5.21. The van der Waals surface area contributed by atoms with Crippen molar-refractivity contribution in [3.8, 4) is 5.75 Å². The Balaban J connectivity index is 3.23. The predicted molar refractivity (Wildman–Crippen MR) is 78.0 cm³/mol. The number of rotatable bonds is 7. The van der Waals surface area contributed by atoms with Gasteiger partial charge in [-0.25, -0.2) is 4.79 Å². The monoisotopic (exact) mass is 312 g/mol. The molecule has 122 valence electrons. The molecule has 0 aromatic carbocycles. The molecule has 1 unspecified atom stereocenters. The van der Waals surface area contributed by atoms with Crippen LogP contribution in [0, 0.1) is 6.92 Å². The number of carboxylic acids is 2. The standard InChI is InChI=1S/C14H20N2O6/c1-8-6-11(17)13(20)10(16(8)9(2)14(21)22)7-15(3)5-4-12(18)19/h6,9,20H,4-5,7H2,1-3H3,(H,18,19)(H,21,22). The molecule has 0 spiro atoms. The maximum absolute atomic E-state index is 11.7. The average molecular weight is 312 g/mol. The van der Waals surface area contributed by atoms with E-state index in [-0.39, 0.29) is 25.2 Å². The van der Waals surface area contributed by atoms with Crippen molar-refractivity contribution in [1.82, 2.24) is 9.47 Å². The molecule has 22 heavy (non-hydrogen) atoms. The number of hydrogen-bond donors (Lipinski definition) is 3. The van der Waals surface area contributed by atoms with E-state index in [1.165, 1.54) is 17.6 Å². The van der Waals surface area contributed by atoms with E-state index in [9.17, 15) is 24.6 Å². The lowest BCUT2D eigenvalue weighted by Crippen LogP contribution is -2.29. The Bertz CT molecular complexity index is 637. The number of aromatic hydroxyl groups is 1. The average Bonchev–Trinajstić information content (AvgIpc) is 2.41. The summed E-state index contributed by atoms with van der Waals surface area (Å²) in [5, 5.41) is 27.9. The van der Waals surface area contributed by atoms with Gasteiger partial charge < -0.3 is 19.9 Å². The number of aryl methyl sites for hydroxylation is 1. The Morgan fingerprint density at radius 2 is 1.95 bits per heavy atom. The molecule has 0 saturated carbocycles. The summed E-state index contributed by atoms with van der Waals surface area (Å²) in [6.07, 6.45) is -0.0954. The van der Waals surface area contributed by atoms with Crippen LogP contribution in [0.2, 0.25) is 0 Å². The number of pyridine rings is 1. The number of aliphatic carboxylic acids is 2. The van der Waals surface area contributed by atoms with Crippen molar-refractivity contribution < 1.29 is 24.9 Å². The van der Waals surface area contributed by atoms with Gasteiger partial charge in [0, 0.05) is 24.8 Å². The molecule has 0 saturated heterocycles. The highest BCUT2D eigenvalue weighted by molar-refractivity contribution is 5.71. The minimum absolute atomic E-state index is 0.0631. The third-order valence-electron chi connectivity index (χ3n) is 3.39. The van der Waals surface area contributed by atoms with E-state index in [2.05, 4.69) is 0 Å². The van der Waals surface area contributed by atoms with Crippen LogP contribution in [0.3, 0.4) is 0 Å². The molecule has 1 atom stereocenters. The summed E-state index contributed by atoms with van der Waals surface area (Å²) in [6, 6.07) is 0.213. The van der Waals surface area contributed by atoms with E-state index in [0.29, 0.717) is 5.69 Å². The van der Waals surface area contributed by atoms with E-state index in [4.69, 9.17) is 5.11 Å². The zero-order chi connectivity index (χ0) is 17.0. The molecule has 1 rings (SSSR count). The maximum atomic E-state index is 11.7. The lowest BCUT2D eigenvalue weighted by Gasteiger charge is -2.24. The molecule has 3 N–H and O–H groups in total. The second kappa shape index (κ2) is 7.08. The molecule has 0 bridgehead atoms. The van der Waals surface area contributed by atoms with Gasteiger partial charge >= 0.3 is 11.9 Å². The van der Waals surface area contributed by atoms with Crippen molar-refractivity contribution in [2.45, 2.75) is 32.9 Å². The molecule has 0 aliphatic rings. The van der Waals surface area contributed by atoms with Crippen LogP contribution in [0.15, 0.2) is 10.9 Å². The van der Waals surface area contributed by atoms with Gasteiger partial charge in [0.25, 0.3) is 0 Å². The minimum Gasteiger partial charge on any atom is -0.503 e. The molecule has 1 heterocycles. The highest BCUT2D eigenvalue weighted by Crippen LogP contribution is 2.21. The van der Waals surface area contributed by atoms with Crippen LogP contribution in [0.1, 0.15) is 30.8 Å². The van der Waals surface area contributed by atoms with Crippen molar-refractivity contribution in [3.05, 3.63) is 27.7 Å². The van der Waals surface area contributed by atoms with Gasteiger partial charge in [-0.15, -0.1) is 0 Å². The lowest BCUT2D eigenvalue weighted by atomic mass is 10.2. The normalized spacial score (nSPS) is 12.4. The molecule has 8 heteroatoms. The van der Waals surface area contributed by atoms with Crippen LogP contribution >= 0.6 is 0 Å². The van der Waals surface area contributed by atoms with E-state index < -0.39 is 29.2 Å². The third-order valence-corrected chi connectivity index (χ3v) is 3.39. The number of nitrogens with zero attached hydrogens (tertiary/aromatic N) is 2. The van der Waals surface area contributed by atoms with E-state index in [1.54, 1.807) is 18.9 Å². The molecular weight excluding hydrogens is 292 g/mol. The van der Waals surface area contributed by atoms with Crippen molar-refractivity contribution in [3.63, 3.8) is 0 Å². The van der Waals surface area contributed by atoms with Crippen LogP contribution in [0.5, 0.6) is 5.75 Å². The topological polar surface area (TPSA) is 120 Å². The number of aromatic nitrogens is 1. The Morgan fingerprint density at radius 3 is 2.45 bits per heavy atom. The molecule has 1 aromatic rings. The van der Waals surface area contributed by atoms with E-state index in [1.807, 2.05) is 0 Å². The predicted octanol–water partition coefficient (Wildman–Crippen LogP) is 0.414. The van der Waals surface area contributed by atoms with Crippen LogP contribution in [0.25, 0.3) is 0 Å². The summed E-state index contributed by atoms with van der Waals surface area (Å²) in [5.74, 6) is -2.57. The number of carboxylic acid groups (broad SMARTS) is 2. The van der Waals surface area contributed by atoms with Crippen LogP contribution in [-0.2, 0) is 16.1 Å². The third kappa shape index (κ3) is 4.08. The van der Waals surface area contributed by atoms with Gasteiger partial charge in [0.1, 0.15) is 6.04 Å². The zero-order valence-corrected chi connectivity index (χ0v) is 12.7. The quantitative estimate of drug-likeness (QED) is 0.667. The minimum atomic E-state index is -1.10. The SMILES string of the molecule is Cc1cc(=O)c(O)c(CN(C)CCC(=O)O)n1C(C)C(=O)O. The van der Waals surface area contributed by atoms with Crippen LogP contribution < -0.4 is 5.43 Å². The Morgan fingerprint density at radius 1 is 1.36 bits per heavy atom. The molecular formula is C14H20N2O6. The van der Waals surface area contributed by atoms with Crippen LogP contribution in [-0.4, -0.2) is 50.3 Å². The first kappa shape index (κ1) is 17.7. The highest BCUT2D eigenvalue weighted by atomic mass is 16.4. The molecule has 0 aliphatic carbocycles. The molecule has 0 fully saturated rings. The fraction of sp³-hybridized carbons (Fsp3) is 0.500. The van der Waals surface area contributed by atoms with E-state index in [0.717, 1.165) is 0 Å². The van der Waals surface area contributed by atoms with Gasteiger partial charge in [-0.2, -0.15) is 0 Å². The Hall–Kier alpha value is -2.35. The fourth-order valence-electron chi connectivity index (χ4n) is 2.22. The van der Waals surface area contributed by atoms with Gasteiger partial charge in [0.15, 0.2) is 5.75 Å². The first-order valence-electron chi connectivity index (χ1n) is 6.72. The van der Waals surface area contributed by atoms with Crippen molar-refractivity contribution in [2.24, 2.45) is 0 Å². The van der Waals surface area contributed by atoms with E-state index >= 15 is 0 Å². The van der Waals surface area contributed by atoms with Gasteiger partial charge in [0.05, 0.1) is 12.1 Å². The van der Waals surface area contributed by atoms with Gasteiger partial charge in [-0.3, -0.25) is 14.5 Å². The number of hydrogen-bond acceptors (Lipinski definition) is 5. The maximum Gasteiger partial charge on any atom is 0.326 e.